The Balaban J connectivity index is 1.49. The molecule has 2 aliphatic heterocycles. The average molecular weight is 288 g/mol. The second-order valence-corrected chi connectivity index (χ2v) is 5.62. The minimum Gasteiger partial charge on any atom is -0.344 e. The van der Waals surface area contributed by atoms with Crippen LogP contribution in [-0.2, 0) is 16.1 Å². The van der Waals surface area contributed by atoms with Crippen LogP contribution in [0.15, 0.2) is 24.5 Å². The fourth-order valence-corrected chi connectivity index (χ4v) is 2.89. The molecular formula is C15H20N4O2. The first-order valence-electron chi connectivity index (χ1n) is 7.42. The predicted molar refractivity (Wildman–Crippen MR) is 77.3 cm³/mol. The molecular weight excluding hydrogens is 268 g/mol. The maximum absolute atomic E-state index is 12.3. The van der Waals surface area contributed by atoms with Crippen molar-refractivity contribution in [3.05, 3.63) is 30.1 Å². The van der Waals surface area contributed by atoms with Crippen molar-refractivity contribution in [2.75, 3.05) is 26.2 Å². The van der Waals surface area contributed by atoms with Gasteiger partial charge in [-0.05, 0) is 24.1 Å². The molecule has 21 heavy (non-hydrogen) atoms. The van der Waals surface area contributed by atoms with Gasteiger partial charge in [0.25, 0.3) is 0 Å². The maximum atomic E-state index is 12.3. The molecule has 1 N–H and O–H groups in total. The molecule has 1 atom stereocenters. The highest BCUT2D eigenvalue weighted by Gasteiger charge is 2.32. The Morgan fingerprint density at radius 3 is 2.57 bits per heavy atom. The van der Waals surface area contributed by atoms with Crippen LogP contribution < -0.4 is 5.32 Å². The van der Waals surface area contributed by atoms with Crippen molar-refractivity contribution < 1.29 is 9.59 Å². The fraction of sp³-hybridized carbons (Fsp3) is 0.533. The number of hydrogen-bond donors (Lipinski definition) is 1. The first-order chi connectivity index (χ1) is 10.2. The summed E-state index contributed by atoms with van der Waals surface area (Å²) in [7, 11) is 0. The zero-order chi connectivity index (χ0) is 14.7. The topological polar surface area (TPSA) is 65.5 Å². The van der Waals surface area contributed by atoms with Gasteiger partial charge in [0.2, 0.25) is 11.8 Å². The quantitative estimate of drug-likeness (QED) is 0.850. The largest absolute Gasteiger partial charge is 0.344 e. The van der Waals surface area contributed by atoms with Gasteiger partial charge in [0.05, 0.1) is 0 Å². The minimum absolute atomic E-state index is 0.00956. The van der Waals surface area contributed by atoms with E-state index >= 15 is 0 Å². The van der Waals surface area contributed by atoms with Crippen molar-refractivity contribution in [1.29, 1.82) is 0 Å². The number of nitrogens with zero attached hydrogens (tertiary/aromatic N) is 3. The summed E-state index contributed by atoms with van der Waals surface area (Å²) in [6.45, 7) is 4.10. The highest BCUT2D eigenvalue weighted by atomic mass is 16.2. The van der Waals surface area contributed by atoms with Crippen LogP contribution in [0.2, 0.25) is 0 Å². The zero-order valence-electron chi connectivity index (χ0n) is 12.0. The SMILES string of the molecule is O=C1CCC(C(=O)N2CCN(Cc3ccncc3)CC2)N1. The first kappa shape index (κ1) is 14.0. The Labute approximate surface area is 124 Å². The summed E-state index contributed by atoms with van der Waals surface area (Å²) in [5, 5.41) is 2.75. The number of pyridine rings is 1. The van der Waals surface area contributed by atoms with E-state index in [9.17, 15) is 9.59 Å². The van der Waals surface area contributed by atoms with E-state index in [1.165, 1.54) is 5.56 Å². The molecule has 112 valence electrons. The molecule has 2 fully saturated rings. The Morgan fingerprint density at radius 1 is 1.24 bits per heavy atom. The Hall–Kier alpha value is -1.95. The number of nitrogens with one attached hydrogen (secondary N) is 1. The standard InChI is InChI=1S/C15H20N4O2/c20-14-2-1-13(17-14)15(21)19-9-7-18(8-10-19)11-12-3-5-16-6-4-12/h3-6,13H,1-2,7-11H2,(H,17,20). The lowest BCUT2D eigenvalue weighted by molar-refractivity contribution is -0.136. The van der Waals surface area contributed by atoms with E-state index in [0.29, 0.717) is 12.8 Å². The van der Waals surface area contributed by atoms with Gasteiger partial charge in [-0.2, -0.15) is 0 Å². The van der Waals surface area contributed by atoms with Gasteiger partial charge in [-0.1, -0.05) is 0 Å². The molecule has 0 bridgehead atoms. The molecule has 0 aromatic carbocycles. The summed E-state index contributed by atoms with van der Waals surface area (Å²) in [4.78, 5) is 31.7. The van der Waals surface area contributed by atoms with Crippen molar-refractivity contribution >= 4 is 11.8 Å². The number of hydrogen-bond acceptors (Lipinski definition) is 4. The van der Waals surface area contributed by atoms with Crippen molar-refractivity contribution in [2.45, 2.75) is 25.4 Å². The molecule has 2 saturated heterocycles. The molecule has 0 aliphatic carbocycles. The van der Waals surface area contributed by atoms with Crippen LogP contribution in [-0.4, -0.2) is 58.8 Å². The highest BCUT2D eigenvalue weighted by Crippen LogP contribution is 2.13. The van der Waals surface area contributed by atoms with E-state index in [1.54, 1.807) is 12.4 Å². The summed E-state index contributed by atoms with van der Waals surface area (Å²) in [6, 6.07) is 3.74. The van der Waals surface area contributed by atoms with Crippen LogP contribution in [0.1, 0.15) is 18.4 Å². The van der Waals surface area contributed by atoms with Crippen LogP contribution in [0, 0.1) is 0 Å². The van der Waals surface area contributed by atoms with E-state index < -0.39 is 0 Å². The number of aromatic nitrogens is 1. The van der Waals surface area contributed by atoms with Gasteiger partial charge in [0, 0.05) is 51.5 Å². The normalized spacial score (nSPS) is 23.1. The molecule has 1 aromatic rings. The van der Waals surface area contributed by atoms with Crippen molar-refractivity contribution in [2.24, 2.45) is 0 Å². The lowest BCUT2D eigenvalue weighted by Gasteiger charge is -2.35. The average Bonchev–Trinajstić information content (AvgIpc) is 2.95. The number of piperazine rings is 1. The minimum atomic E-state index is -0.302. The van der Waals surface area contributed by atoms with Gasteiger partial charge in [0.15, 0.2) is 0 Å². The maximum Gasteiger partial charge on any atom is 0.245 e. The summed E-state index contributed by atoms with van der Waals surface area (Å²) >= 11 is 0. The molecule has 2 aliphatic rings. The van der Waals surface area contributed by atoms with E-state index in [1.807, 2.05) is 17.0 Å². The highest BCUT2D eigenvalue weighted by molar-refractivity contribution is 5.90. The molecule has 0 spiro atoms. The Morgan fingerprint density at radius 2 is 1.95 bits per heavy atom. The van der Waals surface area contributed by atoms with Crippen LogP contribution in [0.3, 0.4) is 0 Å². The van der Waals surface area contributed by atoms with Crippen molar-refractivity contribution in [3.63, 3.8) is 0 Å². The van der Waals surface area contributed by atoms with Gasteiger partial charge in [-0.25, -0.2) is 0 Å². The molecule has 0 radical (unpaired) electrons. The molecule has 3 heterocycles. The van der Waals surface area contributed by atoms with E-state index in [-0.39, 0.29) is 17.9 Å². The number of amides is 2. The van der Waals surface area contributed by atoms with Crippen LogP contribution in [0.25, 0.3) is 0 Å². The third-order valence-electron chi connectivity index (χ3n) is 4.13. The fourth-order valence-electron chi connectivity index (χ4n) is 2.89. The molecule has 6 nitrogen and oxygen atoms in total. The lowest BCUT2D eigenvalue weighted by atomic mass is 10.1. The molecule has 0 saturated carbocycles. The third kappa shape index (κ3) is 3.39. The van der Waals surface area contributed by atoms with Crippen molar-refractivity contribution in [3.8, 4) is 0 Å². The predicted octanol–water partition coefficient (Wildman–Crippen LogP) is 0.00440. The zero-order valence-corrected chi connectivity index (χ0v) is 12.0. The van der Waals surface area contributed by atoms with Crippen LogP contribution in [0.4, 0.5) is 0 Å². The summed E-state index contributed by atoms with van der Waals surface area (Å²) in [5.41, 5.74) is 1.24. The molecule has 2 amide bonds. The monoisotopic (exact) mass is 288 g/mol. The summed E-state index contributed by atoms with van der Waals surface area (Å²) in [5.74, 6) is 0.0640. The van der Waals surface area contributed by atoms with Gasteiger partial charge >= 0.3 is 0 Å². The summed E-state index contributed by atoms with van der Waals surface area (Å²) in [6.07, 6.45) is 4.71. The molecule has 6 heteroatoms. The second kappa shape index (κ2) is 6.22. The van der Waals surface area contributed by atoms with Gasteiger partial charge in [-0.3, -0.25) is 19.5 Å². The number of carbonyl (C=O) groups excluding carboxylic acids is 2. The Bertz CT molecular complexity index is 512. The molecule has 3 rings (SSSR count). The smallest absolute Gasteiger partial charge is 0.245 e. The second-order valence-electron chi connectivity index (χ2n) is 5.62. The van der Waals surface area contributed by atoms with Crippen LogP contribution in [0.5, 0.6) is 0 Å². The summed E-state index contributed by atoms with van der Waals surface area (Å²) < 4.78 is 0. The molecule has 1 unspecified atom stereocenters. The van der Waals surface area contributed by atoms with Gasteiger partial charge in [-0.15, -0.1) is 0 Å². The third-order valence-corrected chi connectivity index (χ3v) is 4.13. The molecule has 1 aromatic heterocycles. The van der Waals surface area contributed by atoms with Crippen molar-refractivity contribution in [1.82, 2.24) is 20.1 Å². The number of rotatable bonds is 3. The van der Waals surface area contributed by atoms with E-state index in [4.69, 9.17) is 0 Å². The number of carbonyl (C=O) groups is 2. The van der Waals surface area contributed by atoms with E-state index in [0.717, 1.165) is 32.7 Å². The van der Waals surface area contributed by atoms with E-state index in [2.05, 4.69) is 15.2 Å². The van der Waals surface area contributed by atoms with Gasteiger partial charge < -0.3 is 10.2 Å². The Kier molecular flexibility index (Phi) is 4.15. The lowest BCUT2D eigenvalue weighted by Crippen LogP contribution is -2.53. The first-order valence-corrected chi connectivity index (χ1v) is 7.42. The van der Waals surface area contributed by atoms with Crippen LogP contribution >= 0.6 is 0 Å². The van der Waals surface area contributed by atoms with Gasteiger partial charge in [0.1, 0.15) is 6.04 Å².